The van der Waals surface area contributed by atoms with Crippen LogP contribution in [-0.4, -0.2) is 13.0 Å². The van der Waals surface area contributed by atoms with Crippen molar-refractivity contribution in [3.63, 3.8) is 0 Å². The van der Waals surface area contributed by atoms with E-state index in [1.165, 1.54) is 36.8 Å². The first-order valence-corrected chi connectivity index (χ1v) is 11.2. The van der Waals surface area contributed by atoms with E-state index in [4.69, 9.17) is 4.55 Å². The Balaban J connectivity index is 0.000000160. The van der Waals surface area contributed by atoms with Crippen LogP contribution in [0.3, 0.4) is 0 Å². The van der Waals surface area contributed by atoms with Gasteiger partial charge in [-0.15, -0.1) is 0 Å². The Bertz CT molecular complexity index is 1160. The molecule has 2 heterocycles. The normalized spacial score (nSPS) is 11.5. The molecule has 0 bridgehead atoms. The van der Waals surface area contributed by atoms with Gasteiger partial charge >= 0.3 is 0 Å². The van der Waals surface area contributed by atoms with Gasteiger partial charge in [0.1, 0.15) is 11.2 Å². The van der Waals surface area contributed by atoms with Crippen molar-refractivity contribution >= 4 is 52.4 Å². The van der Waals surface area contributed by atoms with Gasteiger partial charge in [0.05, 0.1) is 4.90 Å². The first-order chi connectivity index (χ1) is 12.3. The van der Waals surface area contributed by atoms with Crippen molar-refractivity contribution < 1.29 is 17.5 Å². The molecule has 0 unspecified atom stereocenters. The maximum absolute atomic E-state index is 10.5. The second-order valence-corrected chi connectivity index (χ2v) is 9.54. The first kappa shape index (κ1) is 19.0. The molecule has 0 radical (unpaired) electrons. The van der Waals surface area contributed by atoms with E-state index in [2.05, 4.69) is 42.7 Å². The van der Waals surface area contributed by atoms with E-state index in [9.17, 15) is 8.42 Å². The Hall–Kier alpha value is -1.80. The van der Waals surface area contributed by atoms with Gasteiger partial charge in [-0.05, 0) is 32.0 Å². The van der Waals surface area contributed by atoms with Gasteiger partial charge in [0.2, 0.25) is 5.01 Å². The third kappa shape index (κ3) is 3.81. The Morgan fingerprint density at radius 2 is 1.65 bits per heavy atom. The number of aromatic nitrogens is 1. The van der Waals surface area contributed by atoms with Crippen molar-refractivity contribution in [1.82, 2.24) is 0 Å². The highest BCUT2D eigenvalue weighted by Crippen LogP contribution is 2.35. The zero-order valence-corrected chi connectivity index (χ0v) is 17.2. The van der Waals surface area contributed by atoms with Gasteiger partial charge in [-0.1, -0.05) is 58.6 Å². The summed E-state index contributed by atoms with van der Waals surface area (Å²) in [5.41, 5.74) is 0.956. The van der Waals surface area contributed by atoms with Gasteiger partial charge in [0.15, 0.2) is 0 Å². The van der Waals surface area contributed by atoms with Crippen LogP contribution in [0.25, 0.3) is 19.6 Å². The number of thiophene rings is 1. The van der Waals surface area contributed by atoms with E-state index < -0.39 is 10.1 Å². The number of hydrogen-bond donors (Lipinski definition) is 1. The Morgan fingerprint density at radius 1 is 1.00 bits per heavy atom. The van der Waals surface area contributed by atoms with Crippen LogP contribution in [0, 0.1) is 13.8 Å². The van der Waals surface area contributed by atoms with Gasteiger partial charge in [0.25, 0.3) is 14.9 Å². The lowest BCUT2D eigenvalue weighted by Gasteiger charge is -1.95. The molecule has 26 heavy (non-hydrogen) atoms. The molecule has 0 atom stereocenters. The van der Waals surface area contributed by atoms with Crippen LogP contribution in [0.5, 0.6) is 0 Å². The lowest BCUT2D eigenvalue weighted by molar-refractivity contribution is -0.667. The molecular weight excluding hydrogens is 386 g/mol. The fourth-order valence-corrected chi connectivity index (χ4v) is 5.89. The maximum Gasteiger partial charge on any atom is 0.294 e. The second kappa shape index (κ2) is 7.44. The van der Waals surface area contributed by atoms with Gasteiger partial charge in [-0.25, -0.2) is 0 Å². The van der Waals surface area contributed by atoms with Crippen molar-refractivity contribution in [1.29, 1.82) is 0 Å². The second-order valence-electron chi connectivity index (χ2n) is 5.89. The molecule has 4 aromatic rings. The van der Waals surface area contributed by atoms with Crippen molar-refractivity contribution in [3.05, 3.63) is 59.1 Å². The fourth-order valence-electron chi connectivity index (χ4n) is 2.71. The highest BCUT2D eigenvalue weighted by atomic mass is 32.2. The minimum absolute atomic E-state index is 0.0666. The molecule has 7 heteroatoms. The summed E-state index contributed by atoms with van der Waals surface area (Å²) in [5.74, 6) is 0. The highest BCUT2D eigenvalue weighted by molar-refractivity contribution is 7.85. The quantitative estimate of drug-likeness (QED) is 0.377. The average Bonchev–Trinajstić information content (AvgIpc) is 3.09. The molecule has 0 aliphatic carbocycles. The number of nitrogens with zero attached hydrogens (tertiary/aromatic N) is 1. The molecule has 0 saturated carbocycles. The number of thiazole rings is 1. The summed E-state index contributed by atoms with van der Waals surface area (Å²) in [6.45, 7) is 7.33. The largest absolute Gasteiger partial charge is 0.294 e. The van der Waals surface area contributed by atoms with Crippen LogP contribution >= 0.6 is 22.7 Å². The Morgan fingerprint density at radius 3 is 2.27 bits per heavy atom. The molecule has 0 fully saturated rings. The zero-order valence-electron chi connectivity index (χ0n) is 14.8. The van der Waals surface area contributed by atoms with Crippen LogP contribution in [0.15, 0.2) is 53.4 Å². The van der Waals surface area contributed by atoms with Gasteiger partial charge in [-0.3, -0.25) is 4.55 Å². The van der Waals surface area contributed by atoms with Crippen LogP contribution in [-0.2, 0) is 16.7 Å². The molecule has 4 rings (SSSR count). The number of aryl methyl sites for hydroxylation is 3. The molecule has 136 valence electrons. The summed E-state index contributed by atoms with van der Waals surface area (Å²) >= 11 is 3.82. The summed E-state index contributed by atoms with van der Waals surface area (Å²) in [4.78, 5) is 1.37. The Kier molecular flexibility index (Phi) is 5.43. The molecule has 4 nitrogen and oxygen atoms in total. The molecule has 0 saturated heterocycles. The predicted molar refractivity (Wildman–Crippen MR) is 109 cm³/mol. The van der Waals surface area contributed by atoms with Gasteiger partial charge < -0.3 is 0 Å². The third-order valence-corrected chi connectivity index (χ3v) is 7.37. The summed E-state index contributed by atoms with van der Waals surface area (Å²) in [7, 11) is -4.02. The predicted octanol–water partition coefficient (Wildman–Crippen LogP) is 4.97. The Labute approximate surface area is 161 Å². The van der Waals surface area contributed by atoms with Crippen LogP contribution in [0.1, 0.15) is 17.5 Å². The van der Waals surface area contributed by atoms with Crippen LogP contribution in [0.4, 0.5) is 0 Å². The first-order valence-electron chi connectivity index (χ1n) is 8.16. The van der Waals surface area contributed by atoms with Crippen molar-refractivity contribution in [2.24, 2.45) is 0 Å². The number of rotatable bonds is 2. The van der Waals surface area contributed by atoms with Gasteiger partial charge in [-0.2, -0.15) is 13.0 Å². The maximum atomic E-state index is 10.5. The number of benzene rings is 2. The summed E-state index contributed by atoms with van der Waals surface area (Å²) in [5, 5.41) is 2.82. The third-order valence-electron chi connectivity index (χ3n) is 4.04. The van der Waals surface area contributed by atoms with E-state index in [0.29, 0.717) is 0 Å². The van der Waals surface area contributed by atoms with E-state index in [1.54, 1.807) is 12.1 Å². The topological polar surface area (TPSA) is 58.2 Å². The minimum atomic E-state index is -4.02. The van der Waals surface area contributed by atoms with Gasteiger partial charge in [0, 0.05) is 17.0 Å². The zero-order chi connectivity index (χ0) is 18.9. The molecule has 0 aliphatic rings. The van der Waals surface area contributed by atoms with E-state index in [0.717, 1.165) is 12.1 Å². The molecule has 1 N–H and O–H groups in total. The monoisotopic (exact) mass is 406 g/mol. The number of hydrogen-bond acceptors (Lipinski definition) is 4. The van der Waals surface area contributed by atoms with Crippen LogP contribution < -0.4 is 4.57 Å². The summed E-state index contributed by atoms with van der Waals surface area (Å²) in [6.07, 6.45) is 0. The van der Waals surface area contributed by atoms with Crippen molar-refractivity contribution in [3.8, 4) is 0 Å². The minimum Gasteiger partial charge on any atom is -0.282 e. The van der Waals surface area contributed by atoms with Crippen molar-refractivity contribution in [2.45, 2.75) is 32.2 Å². The van der Waals surface area contributed by atoms with Crippen molar-refractivity contribution in [2.75, 3.05) is 0 Å². The van der Waals surface area contributed by atoms with Crippen LogP contribution in [0.2, 0.25) is 0 Å². The van der Waals surface area contributed by atoms with E-state index in [1.807, 2.05) is 29.6 Å². The van der Waals surface area contributed by atoms with E-state index >= 15 is 0 Å². The molecular formula is C19H20NO3S3+. The smallest absolute Gasteiger partial charge is 0.282 e. The molecule has 2 aromatic carbocycles. The summed E-state index contributed by atoms with van der Waals surface area (Å²) in [6, 6.07) is 14.7. The van der Waals surface area contributed by atoms with E-state index in [-0.39, 0.29) is 4.90 Å². The highest BCUT2D eigenvalue weighted by Gasteiger charge is 2.20. The molecule has 0 aliphatic heterocycles. The standard InChI is InChI=1S/C12H12NS2.C7H8O3S/c1-3-13-8(2)14-11-9-6-4-5-7-10(9)15-12(11)13;1-6-2-4-7(5-3-6)11(8,9)10/h4-7H,3H2,1-2H3;2-5H,1H3,(H,8,9,10)/q+1;. The lowest BCUT2D eigenvalue weighted by Crippen LogP contribution is -2.32. The SMILES string of the molecule is CC[n+]1c(C)sc2c3ccccc3sc21.Cc1ccc(S(=O)(=O)O)cc1. The lowest BCUT2D eigenvalue weighted by atomic mass is 10.2. The fraction of sp³-hybridized carbons (Fsp3) is 0.211. The average molecular weight is 407 g/mol. The number of fused-ring (bicyclic) bond motifs is 3. The summed E-state index contributed by atoms with van der Waals surface area (Å²) < 4.78 is 34.8. The molecule has 2 aromatic heterocycles. The molecule has 0 spiro atoms. The molecule has 0 amide bonds.